The van der Waals surface area contributed by atoms with Gasteiger partial charge in [-0.15, -0.1) is 0 Å². The van der Waals surface area contributed by atoms with Gasteiger partial charge in [0.2, 0.25) is 5.96 Å². The predicted octanol–water partition coefficient (Wildman–Crippen LogP) is 0.599. The van der Waals surface area contributed by atoms with Crippen LogP contribution in [0.5, 0.6) is 0 Å². The number of para-hydroxylation sites is 1. The Morgan fingerprint density at radius 1 is 1.00 bits per heavy atom. The molecule has 1 aliphatic rings. The van der Waals surface area contributed by atoms with Gasteiger partial charge in [-0.1, -0.05) is 12.1 Å². The van der Waals surface area contributed by atoms with Crippen molar-refractivity contribution in [3.05, 3.63) is 29.8 Å². The molecular weight excluding hydrogens is 362 g/mol. The first kappa shape index (κ1) is 21.0. The van der Waals surface area contributed by atoms with E-state index < -0.39 is 5.60 Å². The van der Waals surface area contributed by atoms with Crippen LogP contribution in [0.25, 0.3) is 0 Å². The average Bonchev–Trinajstić information content (AvgIpc) is 2.59. The lowest BCUT2D eigenvalue weighted by atomic mass is 10.1. The molecule has 2 rings (SSSR count). The third kappa shape index (κ3) is 5.86. The Kier molecular flexibility index (Phi) is 6.45. The highest BCUT2D eigenvalue weighted by Gasteiger charge is 2.28. The lowest BCUT2D eigenvalue weighted by molar-refractivity contribution is 0.0141. The van der Waals surface area contributed by atoms with E-state index in [1.54, 1.807) is 34.1 Å². The van der Waals surface area contributed by atoms with Gasteiger partial charge in [-0.25, -0.2) is 9.79 Å². The van der Waals surface area contributed by atoms with Gasteiger partial charge < -0.3 is 31.7 Å². The monoisotopic (exact) mass is 389 g/mol. The van der Waals surface area contributed by atoms with Crippen molar-refractivity contribution in [2.45, 2.75) is 26.4 Å². The van der Waals surface area contributed by atoms with Crippen molar-refractivity contribution in [1.29, 1.82) is 0 Å². The first-order chi connectivity index (χ1) is 13.1. The smallest absolute Gasteiger partial charge is 0.410 e. The largest absolute Gasteiger partial charge is 0.444 e. The SMILES string of the molecule is CC(C)(C)OC(=O)N1CCN(C(=O)c2ccccc2N=C(N)N=C(N)N)CC1. The number of nitrogens with two attached hydrogens (primary N) is 3. The fourth-order valence-corrected chi connectivity index (χ4v) is 2.62. The van der Waals surface area contributed by atoms with Crippen LogP contribution in [0.15, 0.2) is 34.3 Å². The van der Waals surface area contributed by atoms with Crippen LogP contribution in [0, 0.1) is 0 Å². The maximum Gasteiger partial charge on any atom is 0.410 e. The van der Waals surface area contributed by atoms with Crippen molar-refractivity contribution in [3.8, 4) is 0 Å². The maximum absolute atomic E-state index is 12.9. The van der Waals surface area contributed by atoms with Gasteiger partial charge in [0.1, 0.15) is 5.60 Å². The summed E-state index contributed by atoms with van der Waals surface area (Å²) in [5, 5.41) is 0. The minimum absolute atomic E-state index is 0.144. The minimum atomic E-state index is -0.559. The summed E-state index contributed by atoms with van der Waals surface area (Å²) in [6.45, 7) is 7.01. The zero-order chi connectivity index (χ0) is 20.9. The summed E-state index contributed by atoms with van der Waals surface area (Å²) in [7, 11) is 0. The highest BCUT2D eigenvalue weighted by Crippen LogP contribution is 2.22. The van der Waals surface area contributed by atoms with Crippen LogP contribution in [0.1, 0.15) is 31.1 Å². The molecule has 152 valence electrons. The van der Waals surface area contributed by atoms with Crippen molar-refractivity contribution in [2.75, 3.05) is 26.2 Å². The highest BCUT2D eigenvalue weighted by molar-refractivity contribution is 6.01. The second kappa shape index (κ2) is 8.59. The number of benzene rings is 1. The molecule has 0 radical (unpaired) electrons. The third-order valence-corrected chi connectivity index (χ3v) is 3.83. The lowest BCUT2D eigenvalue weighted by Gasteiger charge is -2.35. The van der Waals surface area contributed by atoms with E-state index in [9.17, 15) is 9.59 Å². The molecule has 1 aromatic rings. The summed E-state index contributed by atoms with van der Waals surface area (Å²) in [5.74, 6) is -0.570. The molecule has 0 saturated carbocycles. The van der Waals surface area contributed by atoms with Gasteiger partial charge in [0.05, 0.1) is 11.3 Å². The van der Waals surface area contributed by atoms with Gasteiger partial charge in [-0.2, -0.15) is 4.99 Å². The van der Waals surface area contributed by atoms with E-state index in [4.69, 9.17) is 21.9 Å². The summed E-state index contributed by atoms with van der Waals surface area (Å²) in [6.07, 6.45) is -0.380. The number of ether oxygens (including phenoxy) is 1. The van der Waals surface area contributed by atoms with Crippen molar-refractivity contribution in [1.82, 2.24) is 9.80 Å². The van der Waals surface area contributed by atoms with Gasteiger partial charge in [-0.3, -0.25) is 4.79 Å². The van der Waals surface area contributed by atoms with Crippen molar-refractivity contribution < 1.29 is 14.3 Å². The number of carbonyl (C=O) groups is 2. The number of hydrogen-bond donors (Lipinski definition) is 3. The Bertz CT molecular complexity index is 787. The summed E-state index contributed by atoms with van der Waals surface area (Å²) < 4.78 is 5.37. The topological polar surface area (TPSA) is 153 Å². The highest BCUT2D eigenvalue weighted by atomic mass is 16.6. The van der Waals surface area contributed by atoms with E-state index in [1.807, 2.05) is 20.8 Å². The van der Waals surface area contributed by atoms with Gasteiger partial charge in [0.25, 0.3) is 5.91 Å². The number of carbonyl (C=O) groups excluding carboxylic acids is 2. The Labute approximate surface area is 164 Å². The molecule has 0 atom stereocenters. The summed E-state index contributed by atoms with van der Waals surface area (Å²) in [4.78, 5) is 36.1. The summed E-state index contributed by atoms with van der Waals surface area (Å²) in [6, 6.07) is 6.78. The van der Waals surface area contributed by atoms with Crippen molar-refractivity contribution in [2.24, 2.45) is 27.2 Å². The number of aliphatic imine (C=N–C) groups is 2. The zero-order valence-corrected chi connectivity index (χ0v) is 16.4. The van der Waals surface area contributed by atoms with E-state index in [0.29, 0.717) is 37.4 Å². The molecule has 10 heteroatoms. The van der Waals surface area contributed by atoms with E-state index in [2.05, 4.69) is 9.98 Å². The molecule has 1 heterocycles. The fourth-order valence-electron chi connectivity index (χ4n) is 2.62. The summed E-state index contributed by atoms with van der Waals surface area (Å²) in [5.41, 5.74) is 16.4. The molecule has 10 nitrogen and oxygen atoms in total. The van der Waals surface area contributed by atoms with Crippen molar-refractivity contribution in [3.63, 3.8) is 0 Å². The Balaban J connectivity index is 2.08. The number of guanidine groups is 2. The molecule has 28 heavy (non-hydrogen) atoms. The lowest BCUT2D eigenvalue weighted by Crippen LogP contribution is -2.51. The van der Waals surface area contributed by atoms with Crippen molar-refractivity contribution >= 4 is 29.6 Å². The molecular formula is C18H27N7O3. The molecule has 1 saturated heterocycles. The quantitative estimate of drug-likeness (QED) is 0.497. The Morgan fingerprint density at radius 2 is 1.57 bits per heavy atom. The van der Waals surface area contributed by atoms with Crippen LogP contribution < -0.4 is 17.2 Å². The van der Waals surface area contributed by atoms with Crippen LogP contribution in [-0.4, -0.2) is 65.5 Å². The number of piperazine rings is 1. The molecule has 6 N–H and O–H groups in total. The Morgan fingerprint density at radius 3 is 2.14 bits per heavy atom. The first-order valence-corrected chi connectivity index (χ1v) is 8.87. The van der Waals surface area contributed by atoms with Crippen LogP contribution in [0.3, 0.4) is 0 Å². The van der Waals surface area contributed by atoms with Gasteiger partial charge in [-0.05, 0) is 32.9 Å². The molecule has 1 aliphatic heterocycles. The Hall–Kier alpha value is -3.30. The van der Waals surface area contributed by atoms with E-state index in [0.717, 1.165) is 0 Å². The number of nitrogens with zero attached hydrogens (tertiary/aromatic N) is 4. The molecule has 0 bridgehead atoms. The summed E-state index contributed by atoms with van der Waals surface area (Å²) >= 11 is 0. The minimum Gasteiger partial charge on any atom is -0.444 e. The molecule has 0 unspecified atom stereocenters. The number of amides is 2. The molecule has 2 amide bonds. The van der Waals surface area contributed by atoms with Crippen LogP contribution in [0.2, 0.25) is 0 Å². The molecule has 1 aromatic carbocycles. The zero-order valence-electron chi connectivity index (χ0n) is 16.4. The standard InChI is InChI=1S/C18H27N7O3/c1-18(2,3)28-17(27)25-10-8-24(9-11-25)14(26)12-6-4-5-7-13(12)22-16(21)23-15(19)20/h4-7H,8-11H2,1-3H3,(H6,19,20,21,22,23). The molecule has 0 spiro atoms. The van der Waals surface area contributed by atoms with Crippen LogP contribution in [-0.2, 0) is 4.74 Å². The third-order valence-electron chi connectivity index (χ3n) is 3.83. The van der Waals surface area contributed by atoms with Crippen LogP contribution >= 0.6 is 0 Å². The first-order valence-electron chi connectivity index (χ1n) is 8.87. The maximum atomic E-state index is 12.9. The molecule has 0 aromatic heterocycles. The second-order valence-corrected chi connectivity index (χ2v) is 7.28. The average molecular weight is 389 g/mol. The second-order valence-electron chi connectivity index (χ2n) is 7.28. The van der Waals surface area contributed by atoms with Gasteiger partial charge >= 0.3 is 6.09 Å². The fraction of sp³-hybridized carbons (Fsp3) is 0.444. The normalized spacial score (nSPS) is 15.2. The molecule has 1 fully saturated rings. The molecule has 0 aliphatic carbocycles. The van der Waals surface area contributed by atoms with Gasteiger partial charge in [0.15, 0.2) is 5.96 Å². The van der Waals surface area contributed by atoms with E-state index >= 15 is 0 Å². The van der Waals surface area contributed by atoms with E-state index in [-0.39, 0.29) is 23.9 Å². The van der Waals surface area contributed by atoms with E-state index in [1.165, 1.54) is 0 Å². The predicted molar refractivity (Wildman–Crippen MR) is 107 cm³/mol. The van der Waals surface area contributed by atoms with Gasteiger partial charge in [0, 0.05) is 26.2 Å². The van der Waals surface area contributed by atoms with Crippen LogP contribution in [0.4, 0.5) is 10.5 Å². The number of rotatable bonds is 2. The number of hydrogen-bond acceptors (Lipinski definition) is 4.